The van der Waals surface area contributed by atoms with Crippen LogP contribution >= 0.6 is 0 Å². The zero-order valence-corrected chi connectivity index (χ0v) is 21.0. The standard InChI is InChI=1S/C25H35N3O4S/c1-6-7-15-26-25(30)21(4)27(17-22-13-9-8-12-20(22)3)24(29)18-28(33(5,31)32)23-14-10-11-19(2)16-23/h8-14,16,21H,6-7,15,17-18H2,1-5H3,(H,26,30)/t21-/m0/s1. The van der Waals surface area contributed by atoms with Crippen molar-refractivity contribution in [1.82, 2.24) is 10.2 Å². The summed E-state index contributed by atoms with van der Waals surface area (Å²) in [5.41, 5.74) is 3.20. The second kappa shape index (κ2) is 11.8. The fourth-order valence-electron chi connectivity index (χ4n) is 3.49. The summed E-state index contributed by atoms with van der Waals surface area (Å²) < 4.78 is 26.2. The molecular formula is C25H35N3O4S. The van der Waals surface area contributed by atoms with Crippen LogP contribution in [0.4, 0.5) is 5.69 Å². The van der Waals surface area contributed by atoms with E-state index in [1.165, 1.54) is 4.90 Å². The molecule has 2 aromatic carbocycles. The summed E-state index contributed by atoms with van der Waals surface area (Å²) in [6.07, 6.45) is 2.87. The van der Waals surface area contributed by atoms with Crippen molar-refractivity contribution in [3.05, 3.63) is 65.2 Å². The lowest BCUT2D eigenvalue weighted by molar-refractivity contribution is -0.139. The van der Waals surface area contributed by atoms with Crippen LogP contribution in [0.5, 0.6) is 0 Å². The molecule has 180 valence electrons. The van der Waals surface area contributed by atoms with Crippen molar-refractivity contribution >= 4 is 27.5 Å². The molecule has 8 heteroatoms. The first-order valence-corrected chi connectivity index (χ1v) is 13.1. The molecule has 0 saturated carbocycles. The number of benzene rings is 2. The van der Waals surface area contributed by atoms with Crippen LogP contribution in [0.1, 0.15) is 43.4 Å². The normalized spacial score (nSPS) is 12.2. The lowest BCUT2D eigenvalue weighted by Gasteiger charge is -2.32. The van der Waals surface area contributed by atoms with E-state index in [2.05, 4.69) is 5.32 Å². The Morgan fingerprint density at radius 2 is 1.76 bits per heavy atom. The Bertz CT molecular complexity index is 1070. The molecule has 0 aliphatic carbocycles. The topological polar surface area (TPSA) is 86.8 Å². The molecule has 2 aromatic rings. The van der Waals surface area contributed by atoms with Gasteiger partial charge in [-0.15, -0.1) is 0 Å². The van der Waals surface area contributed by atoms with E-state index in [-0.39, 0.29) is 19.0 Å². The third kappa shape index (κ3) is 7.60. The molecule has 0 fully saturated rings. The summed E-state index contributed by atoms with van der Waals surface area (Å²) in [4.78, 5) is 27.7. The number of nitrogens with zero attached hydrogens (tertiary/aromatic N) is 2. The Morgan fingerprint density at radius 1 is 1.06 bits per heavy atom. The number of nitrogens with one attached hydrogen (secondary N) is 1. The highest BCUT2D eigenvalue weighted by molar-refractivity contribution is 7.92. The predicted octanol–water partition coefficient (Wildman–Crippen LogP) is 3.40. The van der Waals surface area contributed by atoms with Gasteiger partial charge in [-0.05, 0) is 56.0 Å². The van der Waals surface area contributed by atoms with E-state index < -0.39 is 22.0 Å². The zero-order valence-electron chi connectivity index (χ0n) is 20.2. The maximum Gasteiger partial charge on any atom is 0.244 e. The Labute approximate surface area is 197 Å². The van der Waals surface area contributed by atoms with Gasteiger partial charge in [-0.3, -0.25) is 13.9 Å². The molecule has 0 saturated heterocycles. The van der Waals surface area contributed by atoms with Crippen molar-refractivity contribution < 1.29 is 18.0 Å². The Morgan fingerprint density at radius 3 is 2.36 bits per heavy atom. The molecule has 0 aliphatic rings. The van der Waals surface area contributed by atoms with E-state index in [9.17, 15) is 18.0 Å². The van der Waals surface area contributed by atoms with Crippen LogP contribution < -0.4 is 9.62 Å². The Kier molecular flexibility index (Phi) is 9.46. The van der Waals surface area contributed by atoms with E-state index >= 15 is 0 Å². The van der Waals surface area contributed by atoms with E-state index in [0.717, 1.165) is 40.1 Å². The third-order valence-electron chi connectivity index (χ3n) is 5.57. The van der Waals surface area contributed by atoms with E-state index in [1.54, 1.807) is 25.1 Å². The number of anilines is 1. The number of carbonyl (C=O) groups excluding carboxylic acids is 2. The molecule has 0 aromatic heterocycles. The summed E-state index contributed by atoms with van der Waals surface area (Å²) in [5.74, 6) is -0.699. The molecule has 2 amide bonds. The number of unbranched alkanes of at least 4 members (excludes halogenated alkanes) is 1. The summed E-state index contributed by atoms with van der Waals surface area (Å²) in [7, 11) is -3.72. The predicted molar refractivity (Wildman–Crippen MR) is 132 cm³/mol. The number of aryl methyl sites for hydroxylation is 2. The first-order chi connectivity index (χ1) is 15.5. The molecule has 0 aliphatic heterocycles. The number of carbonyl (C=O) groups is 2. The van der Waals surface area contributed by atoms with E-state index in [0.29, 0.717) is 12.2 Å². The minimum absolute atomic E-state index is 0.208. The number of rotatable bonds is 11. The number of hydrogen-bond acceptors (Lipinski definition) is 4. The largest absolute Gasteiger partial charge is 0.354 e. The van der Waals surface area contributed by atoms with Crippen molar-refractivity contribution in [1.29, 1.82) is 0 Å². The Balaban J connectivity index is 2.36. The molecule has 0 radical (unpaired) electrons. The van der Waals surface area contributed by atoms with Crippen molar-refractivity contribution in [3.63, 3.8) is 0 Å². The lowest BCUT2D eigenvalue weighted by Crippen LogP contribution is -2.51. The number of hydrogen-bond donors (Lipinski definition) is 1. The molecule has 0 spiro atoms. The van der Waals surface area contributed by atoms with Gasteiger partial charge >= 0.3 is 0 Å². The highest BCUT2D eigenvalue weighted by atomic mass is 32.2. The number of sulfonamides is 1. The lowest BCUT2D eigenvalue weighted by atomic mass is 10.1. The first kappa shape index (κ1) is 26.4. The zero-order chi connectivity index (χ0) is 24.6. The van der Waals surface area contributed by atoms with Gasteiger partial charge < -0.3 is 10.2 Å². The van der Waals surface area contributed by atoms with Crippen LogP contribution in [0, 0.1) is 13.8 Å². The average Bonchev–Trinajstić information content (AvgIpc) is 2.75. The minimum Gasteiger partial charge on any atom is -0.354 e. The summed E-state index contributed by atoms with van der Waals surface area (Å²) in [6, 6.07) is 13.9. The van der Waals surface area contributed by atoms with Crippen LogP contribution in [0.2, 0.25) is 0 Å². The Hall–Kier alpha value is -2.87. The fourth-order valence-corrected chi connectivity index (χ4v) is 4.33. The minimum atomic E-state index is -3.72. The molecule has 33 heavy (non-hydrogen) atoms. The average molecular weight is 474 g/mol. The molecule has 2 rings (SSSR count). The fraction of sp³-hybridized carbons (Fsp3) is 0.440. The maximum atomic E-state index is 13.5. The third-order valence-corrected chi connectivity index (χ3v) is 6.71. The summed E-state index contributed by atoms with van der Waals surface area (Å²) >= 11 is 0. The van der Waals surface area contributed by atoms with Crippen LogP contribution in [-0.4, -0.2) is 50.5 Å². The van der Waals surface area contributed by atoms with Gasteiger partial charge in [-0.2, -0.15) is 0 Å². The second-order valence-electron chi connectivity index (χ2n) is 8.38. The van der Waals surface area contributed by atoms with Crippen molar-refractivity contribution in [2.45, 2.75) is 53.1 Å². The van der Waals surface area contributed by atoms with Gasteiger partial charge in [0.25, 0.3) is 0 Å². The second-order valence-corrected chi connectivity index (χ2v) is 10.3. The summed E-state index contributed by atoms with van der Waals surface area (Å²) in [5, 5.41) is 2.88. The van der Waals surface area contributed by atoms with Crippen molar-refractivity contribution in [3.8, 4) is 0 Å². The van der Waals surface area contributed by atoms with Gasteiger partial charge in [-0.1, -0.05) is 49.7 Å². The monoisotopic (exact) mass is 473 g/mol. The molecule has 0 unspecified atom stereocenters. The van der Waals surface area contributed by atoms with Gasteiger partial charge in [0.1, 0.15) is 12.6 Å². The highest BCUT2D eigenvalue weighted by Gasteiger charge is 2.30. The molecule has 0 bridgehead atoms. The molecule has 0 heterocycles. The van der Waals surface area contributed by atoms with Gasteiger partial charge in [0, 0.05) is 13.1 Å². The van der Waals surface area contributed by atoms with Crippen LogP contribution in [-0.2, 0) is 26.2 Å². The van der Waals surface area contributed by atoms with E-state index in [1.807, 2.05) is 51.1 Å². The van der Waals surface area contributed by atoms with Crippen LogP contribution in [0.3, 0.4) is 0 Å². The van der Waals surface area contributed by atoms with Gasteiger partial charge in [0.2, 0.25) is 21.8 Å². The van der Waals surface area contributed by atoms with Crippen molar-refractivity contribution in [2.75, 3.05) is 23.7 Å². The molecular weight excluding hydrogens is 438 g/mol. The SMILES string of the molecule is CCCCNC(=O)[C@H](C)N(Cc1ccccc1C)C(=O)CN(c1cccc(C)c1)S(C)(=O)=O. The quantitative estimate of drug-likeness (QED) is 0.507. The summed E-state index contributed by atoms with van der Waals surface area (Å²) in [6.45, 7) is 7.87. The number of amides is 2. The van der Waals surface area contributed by atoms with Gasteiger partial charge in [-0.25, -0.2) is 8.42 Å². The highest BCUT2D eigenvalue weighted by Crippen LogP contribution is 2.20. The van der Waals surface area contributed by atoms with Gasteiger partial charge in [0.15, 0.2) is 0 Å². The smallest absolute Gasteiger partial charge is 0.244 e. The van der Waals surface area contributed by atoms with E-state index in [4.69, 9.17) is 0 Å². The van der Waals surface area contributed by atoms with Crippen LogP contribution in [0.25, 0.3) is 0 Å². The maximum absolute atomic E-state index is 13.5. The first-order valence-electron chi connectivity index (χ1n) is 11.2. The molecule has 1 N–H and O–H groups in total. The molecule has 1 atom stereocenters. The van der Waals surface area contributed by atoms with Crippen LogP contribution in [0.15, 0.2) is 48.5 Å². The van der Waals surface area contributed by atoms with Crippen molar-refractivity contribution in [2.24, 2.45) is 0 Å². The molecule has 7 nitrogen and oxygen atoms in total. The van der Waals surface area contributed by atoms with Gasteiger partial charge in [0.05, 0.1) is 11.9 Å².